The zero-order valence-corrected chi connectivity index (χ0v) is 11.4. The first-order valence-corrected chi connectivity index (χ1v) is 6.54. The highest BCUT2D eigenvalue weighted by atomic mass is 35.5. The number of amides is 1. The molecule has 0 aliphatic carbocycles. The van der Waals surface area contributed by atoms with Crippen LogP contribution in [-0.4, -0.2) is 42.4 Å². The van der Waals surface area contributed by atoms with Crippen LogP contribution in [0.2, 0.25) is 5.02 Å². The van der Waals surface area contributed by atoms with Crippen molar-refractivity contribution in [1.29, 1.82) is 0 Å². The topological polar surface area (TPSA) is 59.0 Å². The summed E-state index contributed by atoms with van der Waals surface area (Å²) in [5.74, 6) is 0.849. The van der Waals surface area contributed by atoms with Gasteiger partial charge in [0.25, 0.3) is 5.91 Å². The molecule has 104 valence electrons. The van der Waals surface area contributed by atoms with Crippen LogP contribution < -0.4 is 9.47 Å². The fourth-order valence-electron chi connectivity index (χ4n) is 1.94. The molecule has 0 spiro atoms. The Morgan fingerprint density at radius 2 is 2.26 bits per heavy atom. The van der Waals surface area contributed by atoms with Crippen LogP contribution in [0.3, 0.4) is 0 Å². The number of ether oxygens (including phenoxy) is 2. The van der Waals surface area contributed by atoms with E-state index in [-0.39, 0.29) is 19.3 Å². The van der Waals surface area contributed by atoms with Gasteiger partial charge in [-0.15, -0.1) is 0 Å². The SMILES string of the molecule is CCN(CCCO)C(=O)c1cc(Cl)c2c(c1)OCO2. The van der Waals surface area contributed by atoms with E-state index in [0.29, 0.717) is 41.6 Å². The molecule has 0 radical (unpaired) electrons. The largest absolute Gasteiger partial charge is 0.454 e. The number of carbonyl (C=O) groups is 1. The van der Waals surface area contributed by atoms with Crippen molar-refractivity contribution >= 4 is 17.5 Å². The predicted octanol–water partition coefficient (Wildman–Crippen LogP) is 1.91. The minimum Gasteiger partial charge on any atom is -0.454 e. The van der Waals surface area contributed by atoms with E-state index in [4.69, 9.17) is 26.2 Å². The number of fused-ring (bicyclic) bond motifs is 1. The Bertz CT molecular complexity index is 478. The Labute approximate surface area is 116 Å². The van der Waals surface area contributed by atoms with Crippen molar-refractivity contribution in [2.45, 2.75) is 13.3 Å². The molecule has 1 aromatic carbocycles. The highest BCUT2D eigenvalue weighted by molar-refractivity contribution is 6.32. The maximum atomic E-state index is 12.3. The maximum Gasteiger partial charge on any atom is 0.254 e. The second kappa shape index (κ2) is 6.12. The van der Waals surface area contributed by atoms with Gasteiger partial charge in [0.2, 0.25) is 6.79 Å². The Kier molecular flexibility index (Phi) is 4.50. The van der Waals surface area contributed by atoms with Crippen LogP contribution >= 0.6 is 11.6 Å². The monoisotopic (exact) mass is 285 g/mol. The molecule has 1 aliphatic rings. The fraction of sp³-hybridized carbons (Fsp3) is 0.462. The predicted molar refractivity (Wildman–Crippen MR) is 70.9 cm³/mol. The van der Waals surface area contributed by atoms with Crippen LogP contribution in [0.5, 0.6) is 11.5 Å². The number of rotatable bonds is 5. The number of halogens is 1. The van der Waals surface area contributed by atoms with Gasteiger partial charge in [-0.3, -0.25) is 4.79 Å². The van der Waals surface area contributed by atoms with E-state index in [1.165, 1.54) is 0 Å². The van der Waals surface area contributed by atoms with Crippen LogP contribution in [0.4, 0.5) is 0 Å². The number of aliphatic hydroxyl groups is 1. The summed E-state index contributed by atoms with van der Waals surface area (Å²) in [6.07, 6.45) is 0.553. The molecule has 1 aromatic rings. The van der Waals surface area contributed by atoms with Crippen LogP contribution in [0.1, 0.15) is 23.7 Å². The van der Waals surface area contributed by atoms with Gasteiger partial charge in [0.05, 0.1) is 5.02 Å². The Balaban J connectivity index is 2.21. The van der Waals surface area contributed by atoms with Crippen molar-refractivity contribution in [3.63, 3.8) is 0 Å². The molecule has 0 unspecified atom stereocenters. The van der Waals surface area contributed by atoms with Gasteiger partial charge < -0.3 is 19.5 Å². The van der Waals surface area contributed by atoms with Crippen molar-refractivity contribution in [3.05, 3.63) is 22.7 Å². The molecule has 0 bridgehead atoms. The van der Waals surface area contributed by atoms with Gasteiger partial charge in [0, 0.05) is 25.3 Å². The lowest BCUT2D eigenvalue weighted by Gasteiger charge is -2.20. The first kappa shape index (κ1) is 14.0. The summed E-state index contributed by atoms with van der Waals surface area (Å²) in [5.41, 5.74) is 0.467. The summed E-state index contributed by atoms with van der Waals surface area (Å²) in [7, 11) is 0. The fourth-order valence-corrected chi connectivity index (χ4v) is 2.20. The summed E-state index contributed by atoms with van der Waals surface area (Å²) < 4.78 is 10.5. The van der Waals surface area contributed by atoms with Crippen molar-refractivity contribution in [2.24, 2.45) is 0 Å². The summed E-state index contributed by atoms with van der Waals surface area (Å²) in [6.45, 7) is 3.16. The third kappa shape index (κ3) is 2.93. The van der Waals surface area contributed by atoms with Crippen LogP contribution in [-0.2, 0) is 0 Å². The zero-order chi connectivity index (χ0) is 13.8. The quantitative estimate of drug-likeness (QED) is 0.898. The van der Waals surface area contributed by atoms with E-state index in [9.17, 15) is 4.79 Å². The summed E-state index contributed by atoms with van der Waals surface area (Å²) in [6, 6.07) is 3.22. The van der Waals surface area contributed by atoms with Gasteiger partial charge in [-0.2, -0.15) is 0 Å². The van der Waals surface area contributed by atoms with Crippen LogP contribution in [0, 0.1) is 0 Å². The molecule has 0 fully saturated rings. The standard InChI is InChI=1S/C13H16ClNO4/c1-2-15(4-3-5-16)13(17)9-6-10(14)12-11(7-9)18-8-19-12/h6-7,16H,2-5,8H2,1H3. The minimum atomic E-state index is -0.129. The van der Waals surface area contributed by atoms with Gasteiger partial charge in [-0.05, 0) is 25.5 Å². The Morgan fingerprint density at radius 1 is 1.47 bits per heavy atom. The van der Waals surface area contributed by atoms with E-state index >= 15 is 0 Å². The van der Waals surface area contributed by atoms with Gasteiger partial charge in [0.1, 0.15) is 0 Å². The lowest BCUT2D eigenvalue weighted by Crippen LogP contribution is -2.32. The molecule has 6 heteroatoms. The molecule has 0 atom stereocenters. The van der Waals surface area contributed by atoms with Gasteiger partial charge in [-0.25, -0.2) is 0 Å². The number of nitrogens with zero attached hydrogens (tertiary/aromatic N) is 1. The molecular formula is C13H16ClNO4. The number of carbonyl (C=O) groups excluding carboxylic acids is 1. The first-order chi connectivity index (χ1) is 9.17. The second-order valence-electron chi connectivity index (χ2n) is 4.15. The summed E-state index contributed by atoms with van der Waals surface area (Å²) >= 11 is 6.06. The van der Waals surface area contributed by atoms with E-state index in [1.807, 2.05) is 6.92 Å². The lowest BCUT2D eigenvalue weighted by atomic mass is 10.1. The van der Waals surface area contributed by atoms with Crippen molar-refractivity contribution in [3.8, 4) is 11.5 Å². The molecule has 5 nitrogen and oxygen atoms in total. The van der Waals surface area contributed by atoms with Gasteiger partial charge in [-0.1, -0.05) is 11.6 Å². The first-order valence-electron chi connectivity index (χ1n) is 6.16. The Morgan fingerprint density at radius 3 is 2.95 bits per heavy atom. The second-order valence-corrected chi connectivity index (χ2v) is 4.56. The number of aliphatic hydroxyl groups excluding tert-OH is 1. The molecular weight excluding hydrogens is 270 g/mol. The van der Waals surface area contributed by atoms with Crippen LogP contribution in [0.15, 0.2) is 12.1 Å². The average molecular weight is 286 g/mol. The number of hydrogen-bond acceptors (Lipinski definition) is 4. The van der Waals surface area contributed by atoms with Gasteiger partial charge >= 0.3 is 0 Å². The van der Waals surface area contributed by atoms with E-state index in [2.05, 4.69) is 0 Å². The molecule has 0 saturated carbocycles. The van der Waals surface area contributed by atoms with Crippen molar-refractivity contribution < 1.29 is 19.4 Å². The normalized spacial score (nSPS) is 12.6. The van der Waals surface area contributed by atoms with Gasteiger partial charge in [0.15, 0.2) is 11.5 Å². The average Bonchev–Trinajstić information content (AvgIpc) is 2.88. The summed E-state index contributed by atoms with van der Waals surface area (Å²) in [5, 5.41) is 9.21. The highest BCUT2D eigenvalue weighted by Crippen LogP contribution is 2.39. The maximum absolute atomic E-state index is 12.3. The number of hydrogen-bond donors (Lipinski definition) is 1. The molecule has 0 saturated heterocycles. The zero-order valence-electron chi connectivity index (χ0n) is 10.7. The molecule has 19 heavy (non-hydrogen) atoms. The number of benzene rings is 1. The van der Waals surface area contributed by atoms with Crippen molar-refractivity contribution in [1.82, 2.24) is 4.90 Å². The van der Waals surface area contributed by atoms with E-state index in [0.717, 1.165) is 0 Å². The van der Waals surface area contributed by atoms with Crippen LogP contribution in [0.25, 0.3) is 0 Å². The molecule has 1 aliphatic heterocycles. The lowest BCUT2D eigenvalue weighted by molar-refractivity contribution is 0.0754. The van der Waals surface area contributed by atoms with E-state index < -0.39 is 0 Å². The smallest absolute Gasteiger partial charge is 0.254 e. The van der Waals surface area contributed by atoms with Crippen molar-refractivity contribution in [2.75, 3.05) is 26.5 Å². The van der Waals surface area contributed by atoms with E-state index in [1.54, 1.807) is 17.0 Å². The highest BCUT2D eigenvalue weighted by Gasteiger charge is 2.22. The molecule has 0 aromatic heterocycles. The molecule has 1 amide bonds. The third-order valence-electron chi connectivity index (χ3n) is 2.93. The Hall–Kier alpha value is -1.46. The third-order valence-corrected chi connectivity index (χ3v) is 3.21. The summed E-state index contributed by atoms with van der Waals surface area (Å²) in [4.78, 5) is 14.0. The minimum absolute atomic E-state index is 0.0612. The molecule has 2 rings (SSSR count). The molecule has 1 N–H and O–H groups in total. The molecule has 1 heterocycles.